The van der Waals surface area contributed by atoms with E-state index in [9.17, 15) is 0 Å². The molecule has 3 rings (SSSR count). The molecule has 0 amide bonds. The highest BCUT2D eigenvalue weighted by Crippen LogP contribution is 2.26. The summed E-state index contributed by atoms with van der Waals surface area (Å²) in [6.07, 6.45) is 5.77. The second-order valence-electron chi connectivity index (χ2n) is 5.36. The molecule has 0 radical (unpaired) electrons. The van der Waals surface area contributed by atoms with E-state index in [0.717, 1.165) is 36.0 Å². The Kier molecular flexibility index (Phi) is 3.76. The Labute approximate surface area is 123 Å². The number of aryl methyl sites for hydroxylation is 2. The zero-order chi connectivity index (χ0) is 14.1. The highest BCUT2D eigenvalue weighted by Gasteiger charge is 2.27. The largest absolute Gasteiger partial charge is 0.294 e. The molecule has 3 heterocycles. The van der Waals surface area contributed by atoms with Gasteiger partial charge in [-0.1, -0.05) is 11.6 Å². The zero-order valence-corrected chi connectivity index (χ0v) is 12.6. The summed E-state index contributed by atoms with van der Waals surface area (Å²) in [5.74, 6) is 0. The molecule has 1 aliphatic rings. The first-order chi connectivity index (χ1) is 9.65. The van der Waals surface area contributed by atoms with E-state index < -0.39 is 0 Å². The number of halogens is 1. The third kappa shape index (κ3) is 2.58. The van der Waals surface area contributed by atoms with Crippen LogP contribution in [-0.4, -0.2) is 42.0 Å². The van der Waals surface area contributed by atoms with Crippen molar-refractivity contribution in [2.75, 3.05) is 6.54 Å². The van der Waals surface area contributed by atoms with E-state index in [-0.39, 0.29) is 0 Å². The van der Waals surface area contributed by atoms with E-state index in [0.29, 0.717) is 6.04 Å². The van der Waals surface area contributed by atoms with Gasteiger partial charge in [0.1, 0.15) is 17.8 Å². The fraction of sp³-hybridized carbons (Fsp3) is 0.615. The fourth-order valence-electron chi connectivity index (χ4n) is 2.91. The van der Waals surface area contributed by atoms with Gasteiger partial charge in [0.05, 0.1) is 12.2 Å². The van der Waals surface area contributed by atoms with Crippen molar-refractivity contribution < 1.29 is 0 Å². The highest BCUT2D eigenvalue weighted by atomic mass is 35.5. The number of aromatic nitrogens is 5. The van der Waals surface area contributed by atoms with Gasteiger partial charge in [0.25, 0.3) is 0 Å². The Morgan fingerprint density at radius 2 is 2.30 bits per heavy atom. The average Bonchev–Trinajstić information content (AvgIpc) is 3.11. The summed E-state index contributed by atoms with van der Waals surface area (Å²) in [4.78, 5) is 6.47. The van der Waals surface area contributed by atoms with Crippen LogP contribution in [0.1, 0.15) is 24.1 Å². The summed E-state index contributed by atoms with van der Waals surface area (Å²) in [5, 5.41) is 9.33. The Morgan fingerprint density at radius 1 is 1.45 bits per heavy atom. The molecule has 2 aromatic heterocycles. The van der Waals surface area contributed by atoms with Crippen molar-refractivity contribution in [2.24, 2.45) is 7.05 Å². The van der Waals surface area contributed by atoms with E-state index in [4.69, 9.17) is 11.6 Å². The first-order valence-corrected chi connectivity index (χ1v) is 7.27. The third-order valence-electron chi connectivity index (χ3n) is 3.99. The molecule has 7 heteroatoms. The van der Waals surface area contributed by atoms with E-state index in [1.807, 2.05) is 18.7 Å². The summed E-state index contributed by atoms with van der Waals surface area (Å²) >= 11 is 6.33. The molecule has 0 aromatic carbocycles. The summed E-state index contributed by atoms with van der Waals surface area (Å²) in [6.45, 7) is 4.86. The Morgan fingerprint density at radius 3 is 2.95 bits per heavy atom. The van der Waals surface area contributed by atoms with Crippen LogP contribution in [0.25, 0.3) is 0 Å². The van der Waals surface area contributed by atoms with Crippen LogP contribution >= 0.6 is 11.6 Å². The predicted molar refractivity (Wildman–Crippen MR) is 76.4 cm³/mol. The van der Waals surface area contributed by atoms with E-state index >= 15 is 0 Å². The lowest BCUT2D eigenvalue weighted by Crippen LogP contribution is -2.32. The van der Waals surface area contributed by atoms with Crippen LogP contribution in [0.5, 0.6) is 0 Å². The molecule has 2 aromatic rings. The number of hydrogen-bond donors (Lipinski definition) is 0. The number of nitrogens with zero attached hydrogens (tertiary/aromatic N) is 6. The average molecular weight is 295 g/mol. The van der Waals surface area contributed by atoms with E-state index in [2.05, 4.69) is 20.1 Å². The van der Waals surface area contributed by atoms with Gasteiger partial charge in [-0.15, -0.1) is 0 Å². The number of rotatable bonds is 4. The van der Waals surface area contributed by atoms with Crippen LogP contribution in [0.2, 0.25) is 5.15 Å². The first kappa shape index (κ1) is 13.6. The molecule has 0 aliphatic carbocycles. The van der Waals surface area contributed by atoms with E-state index in [1.165, 1.54) is 12.8 Å². The van der Waals surface area contributed by atoms with Gasteiger partial charge in [-0.05, 0) is 26.3 Å². The second kappa shape index (κ2) is 5.54. The maximum absolute atomic E-state index is 6.33. The van der Waals surface area contributed by atoms with Gasteiger partial charge < -0.3 is 0 Å². The number of likely N-dealkylation sites (tertiary alicyclic amines) is 1. The smallest absolute Gasteiger partial charge is 0.137 e. The van der Waals surface area contributed by atoms with Gasteiger partial charge in [0, 0.05) is 25.2 Å². The van der Waals surface area contributed by atoms with Crippen LogP contribution in [0.15, 0.2) is 12.7 Å². The van der Waals surface area contributed by atoms with Gasteiger partial charge in [-0.2, -0.15) is 10.2 Å². The van der Waals surface area contributed by atoms with Gasteiger partial charge in [-0.25, -0.2) is 4.98 Å². The van der Waals surface area contributed by atoms with Gasteiger partial charge in [-0.3, -0.25) is 14.3 Å². The van der Waals surface area contributed by atoms with Crippen molar-refractivity contribution in [3.8, 4) is 0 Å². The molecule has 1 saturated heterocycles. The third-order valence-corrected chi connectivity index (χ3v) is 4.47. The molecular weight excluding hydrogens is 276 g/mol. The Bertz CT molecular complexity index is 576. The van der Waals surface area contributed by atoms with Crippen LogP contribution in [0, 0.1) is 6.92 Å². The molecule has 20 heavy (non-hydrogen) atoms. The molecule has 1 atom stereocenters. The van der Waals surface area contributed by atoms with Crippen LogP contribution < -0.4 is 0 Å². The standard InChI is InChI=1S/C13H19ClN6/c1-10-12(13(14)18(2)17-10)7-19-5-3-4-11(19)6-20-9-15-8-16-20/h8-9,11H,3-7H2,1-2H3. The van der Waals surface area contributed by atoms with Crippen molar-refractivity contribution in [3.05, 3.63) is 29.1 Å². The molecule has 0 spiro atoms. The van der Waals surface area contributed by atoms with Crippen molar-refractivity contribution in [2.45, 2.75) is 38.9 Å². The molecule has 1 fully saturated rings. The fourth-order valence-corrected chi connectivity index (χ4v) is 3.14. The summed E-state index contributed by atoms with van der Waals surface area (Å²) in [5.41, 5.74) is 2.16. The lowest BCUT2D eigenvalue weighted by Gasteiger charge is -2.24. The zero-order valence-electron chi connectivity index (χ0n) is 11.8. The molecule has 6 nitrogen and oxygen atoms in total. The van der Waals surface area contributed by atoms with Crippen molar-refractivity contribution in [1.29, 1.82) is 0 Å². The van der Waals surface area contributed by atoms with Crippen molar-refractivity contribution >= 4 is 11.6 Å². The van der Waals surface area contributed by atoms with Crippen LogP contribution in [0.4, 0.5) is 0 Å². The van der Waals surface area contributed by atoms with Gasteiger partial charge in [0.15, 0.2) is 0 Å². The quantitative estimate of drug-likeness (QED) is 0.860. The van der Waals surface area contributed by atoms with Crippen molar-refractivity contribution in [3.63, 3.8) is 0 Å². The highest BCUT2D eigenvalue weighted by molar-refractivity contribution is 6.30. The lowest BCUT2D eigenvalue weighted by molar-refractivity contribution is 0.218. The minimum absolute atomic E-state index is 0.493. The minimum atomic E-state index is 0.493. The maximum atomic E-state index is 6.33. The topological polar surface area (TPSA) is 51.8 Å². The van der Waals surface area contributed by atoms with Crippen LogP contribution in [0.3, 0.4) is 0 Å². The molecule has 0 N–H and O–H groups in total. The number of hydrogen-bond acceptors (Lipinski definition) is 4. The maximum Gasteiger partial charge on any atom is 0.137 e. The minimum Gasteiger partial charge on any atom is -0.294 e. The summed E-state index contributed by atoms with van der Waals surface area (Å²) in [7, 11) is 1.88. The second-order valence-corrected chi connectivity index (χ2v) is 5.72. The lowest BCUT2D eigenvalue weighted by atomic mass is 10.2. The van der Waals surface area contributed by atoms with Crippen LogP contribution in [-0.2, 0) is 20.1 Å². The summed E-state index contributed by atoms with van der Waals surface area (Å²) in [6, 6.07) is 0.493. The Balaban J connectivity index is 1.72. The summed E-state index contributed by atoms with van der Waals surface area (Å²) < 4.78 is 3.65. The van der Waals surface area contributed by atoms with E-state index in [1.54, 1.807) is 17.3 Å². The normalized spacial score (nSPS) is 19.9. The molecule has 108 valence electrons. The SMILES string of the molecule is Cc1nn(C)c(Cl)c1CN1CCCC1Cn1cncn1. The molecular formula is C13H19ClN6. The monoisotopic (exact) mass is 294 g/mol. The van der Waals surface area contributed by atoms with Gasteiger partial charge >= 0.3 is 0 Å². The Hall–Kier alpha value is -1.40. The molecule has 0 bridgehead atoms. The van der Waals surface area contributed by atoms with Crippen molar-refractivity contribution in [1.82, 2.24) is 29.4 Å². The molecule has 1 aliphatic heterocycles. The van der Waals surface area contributed by atoms with Gasteiger partial charge in [0.2, 0.25) is 0 Å². The first-order valence-electron chi connectivity index (χ1n) is 6.89. The molecule has 1 unspecified atom stereocenters. The molecule has 0 saturated carbocycles. The predicted octanol–water partition coefficient (Wildman–Crippen LogP) is 1.64.